The highest BCUT2D eigenvalue weighted by Gasteiger charge is 2.48. The lowest BCUT2D eigenvalue weighted by atomic mass is 9.97. The SMILES string of the molecule is CS(=O)(=O)NCC1CCCN(C(=O)C2(N)CC2)C1. The highest BCUT2D eigenvalue weighted by Crippen LogP contribution is 2.35. The van der Waals surface area contributed by atoms with Crippen molar-refractivity contribution >= 4 is 15.9 Å². The van der Waals surface area contributed by atoms with E-state index in [-0.39, 0.29) is 11.8 Å². The number of nitrogens with zero attached hydrogens (tertiary/aromatic N) is 1. The van der Waals surface area contributed by atoms with Crippen LogP contribution in [0.25, 0.3) is 0 Å². The van der Waals surface area contributed by atoms with Crippen molar-refractivity contribution in [3.63, 3.8) is 0 Å². The molecule has 0 spiro atoms. The van der Waals surface area contributed by atoms with Gasteiger partial charge in [0.05, 0.1) is 11.8 Å². The summed E-state index contributed by atoms with van der Waals surface area (Å²) in [6.45, 7) is 1.76. The summed E-state index contributed by atoms with van der Waals surface area (Å²) in [6, 6.07) is 0. The van der Waals surface area contributed by atoms with Crippen LogP contribution in [0.1, 0.15) is 25.7 Å². The van der Waals surface area contributed by atoms with Crippen molar-refractivity contribution in [3.05, 3.63) is 0 Å². The third-order valence-corrected chi connectivity index (χ3v) is 4.35. The maximum Gasteiger partial charge on any atom is 0.242 e. The average Bonchev–Trinajstić information content (AvgIpc) is 3.05. The summed E-state index contributed by atoms with van der Waals surface area (Å²) in [5.41, 5.74) is 5.29. The first-order chi connectivity index (χ1) is 8.30. The Morgan fingerprint density at radius 1 is 1.50 bits per heavy atom. The number of hydrogen-bond acceptors (Lipinski definition) is 4. The zero-order chi connectivity index (χ0) is 13.4. The molecule has 0 radical (unpaired) electrons. The predicted octanol–water partition coefficient (Wildman–Crippen LogP) is -0.734. The number of amides is 1. The van der Waals surface area contributed by atoms with Crippen LogP contribution in [0.3, 0.4) is 0 Å². The number of sulfonamides is 1. The quantitative estimate of drug-likeness (QED) is 0.707. The molecule has 0 aromatic rings. The van der Waals surface area contributed by atoms with Crippen LogP contribution in [0.4, 0.5) is 0 Å². The first-order valence-electron chi connectivity index (χ1n) is 6.33. The highest BCUT2D eigenvalue weighted by molar-refractivity contribution is 7.88. The summed E-state index contributed by atoms with van der Waals surface area (Å²) >= 11 is 0. The maximum atomic E-state index is 12.1. The van der Waals surface area contributed by atoms with Gasteiger partial charge in [-0.1, -0.05) is 0 Å². The van der Waals surface area contributed by atoms with Gasteiger partial charge in [0.25, 0.3) is 0 Å². The fourth-order valence-electron chi connectivity index (χ4n) is 2.35. The van der Waals surface area contributed by atoms with E-state index < -0.39 is 15.6 Å². The topological polar surface area (TPSA) is 92.5 Å². The molecule has 7 heteroatoms. The molecule has 1 unspecified atom stereocenters. The Balaban J connectivity index is 1.86. The van der Waals surface area contributed by atoms with Gasteiger partial charge in [-0.2, -0.15) is 0 Å². The lowest BCUT2D eigenvalue weighted by molar-refractivity contribution is -0.135. The number of piperidine rings is 1. The van der Waals surface area contributed by atoms with Crippen molar-refractivity contribution in [2.75, 3.05) is 25.9 Å². The van der Waals surface area contributed by atoms with Crippen molar-refractivity contribution in [1.29, 1.82) is 0 Å². The van der Waals surface area contributed by atoms with Crippen LogP contribution in [0.5, 0.6) is 0 Å². The zero-order valence-electron chi connectivity index (χ0n) is 10.7. The number of carbonyl (C=O) groups is 1. The van der Waals surface area contributed by atoms with E-state index in [2.05, 4.69) is 4.72 Å². The van der Waals surface area contributed by atoms with Gasteiger partial charge in [0.2, 0.25) is 15.9 Å². The minimum atomic E-state index is -3.16. The summed E-state index contributed by atoms with van der Waals surface area (Å²) in [4.78, 5) is 13.9. The smallest absolute Gasteiger partial charge is 0.242 e. The average molecular weight is 275 g/mol. The molecule has 1 atom stereocenters. The molecule has 0 aromatic heterocycles. The molecular formula is C11H21N3O3S. The Bertz CT molecular complexity index is 431. The van der Waals surface area contributed by atoms with Crippen LogP contribution >= 0.6 is 0 Å². The Morgan fingerprint density at radius 2 is 2.17 bits per heavy atom. The fourth-order valence-corrected chi connectivity index (χ4v) is 2.89. The summed E-state index contributed by atoms with van der Waals surface area (Å²) in [5, 5.41) is 0. The fraction of sp³-hybridized carbons (Fsp3) is 0.909. The summed E-state index contributed by atoms with van der Waals surface area (Å²) in [6.07, 6.45) is 4.56. The van der Waals surface area contributed by atoms with Crippen LogP contribution in [-0.2, 0) is 14.8 Å². The van der Waals surface area contributed by atoms with Crippen molar-refractivity contribution in [2.45, 2.75) is 31.2 Å². The van der Waals surface area contributed by atoms with Gasteiger partial charge in [0.1, 0.15) is 0 Å². The number of nitrogens with one attached hydrogen (secondary N) is 1. The second-order valence-electron chi connectivity index (χ2n) is 5.54. The van der Waals surface area contributed by atoms with Crippen molar-refractivity contribution in [1.82, 2.24) is 9.62 Å². The maximum absolute atomic E-state index is 12.1. The van der Waals surface area contributed by atoms with Gasteiger partial charge in [0.15, 0.2) is 0 Å². The molecule has 0 aromatic carbocycles. The molecule has 1 heterocycles. The molecule has 2 rings (SSSR count). The second kappa shape index (κ2) is 4.79. The molecule has 18 heavy (non-hydrogen) atoms. The molecule has 1 saturated carbocycles. The van der Waals surface area contributed by atoms with Crippen LogP contribution in [0, 0.1) is 5.92 Å². The van der Waals surface area contributed by atoms with E-state index >= 15 is 0 Å². The van der Waals surface area contributed by atoms with Crippen LogP contribution in [0.2, 0.25) is 0 Å². The number of nitrogens with two attached hydrogens (primary N) is 1. The molecule has 1 aliphatic heterocycles. The van der Waals surface area contributed by atoms with Gasteiger partial charge >= 0.3 is 0 Å². The summed E-state index contributed by atoms with van der Waals surface area (Å²) < 4.78 is 24.6. The molecular weight excluding hydrogens is 254 g/mol. The predicted molar refractivity (Wildman–Crippen MR) is 68.3 cm³/mol. The van der Waals surface area contributed by atoms with Crippen LogP contribution in [0.15, 0.2) is 0 Å². The van der Waals surface area contributed by atoms with Crippen molar-refractivity contribution < 1.29 is 13.2 Å². The first-order valence-corrected chi connectivity index (χ1v) is 8.22. The van der Waals surface area contributed by atoms with E-state index in [1.807, 2.05) is 0 Å². The number of rotatable bonds is 4. The van der Waals surface area contributed by atoms with Gasteiger partial charge in [-0.15, -0.1) is 0 Å². The van der Waals surface area contributed by atoms with Crippen LogP contribution in [-0.4, -0.2) is 50.7 Å². The van der Waals surface area contributed by atoms with Gasteiger partial charge in [-0.05, 0) is 31.6 Å². The van der Waals surface area contributed by atoms with E-state index in [0.717, 1.165) is 38.5 Å². The Morgan fingerprint density at radius 3 is 2.72 bits per heavy atom. The number of likely N-dealkylation sites (tertiary alicyclic amines) is 1. The summed E-state index contributed by atoms with van der Waals surface area (Å²) in [5.74, 6) is 0.228. The summed E-state index contributed by atoms with van der Waals surface area (Å²) in [7, 11) is -3.16. The molecule has 0 bridgehead atoms. The third-order valence-electron chi connectivity index (χ3n) is 3.66. The zero-order valence-corrected chi connectivity index (χ0v) is 11.5. The van der Waals surface area contributed by atoms with E-state index in [9.17, 15) is 13.2 Å². The molecule has 2 aliphatic rings. The number of carbonyl (C=O) groups excluding carboxylic acids is 1. The highest BCUT2D eigenvalue weighted by atomic mass is 32.2. The Labute approximate surface area is 108 Å². The minimum absolute atomic E-state index is 0.0338. The molecule has 3 N–H and O–H groups in total. The third kappa shape index (κ3) is 3.43. The van der Waals surface area contributed by atoms with Gasteiger partial charge < -0.3 is 10.6 Å². The molecule has 6 nitrogen and oxygen atoms in total. The van der Waals surface area contributed by atoms with Gasteiger partial charge in [-0.25, -0.2) is 13.1 Å². The van der Waals surface area contributed by atoms with E-state index in [1.165, 1.54) is 0 Å². The molecule has 2 fully saturated rings. The van der Waals surface area contributed by atoms with E-state index in [4.69, 9.17) is 5.73 Å². The normalized spacial score (nSPS) is 27.0. The number of hydrogen-bond donors (Lipinski definition) is 2. The lowest BCUT2D eigenvalue weighted by Crippen LogP contribution is -2.50. The van der Waals surface area contributed by atoms with Crippen LogP contribution < -0.4 is 10.5 Å². The van der Waals surface area contributed by atoms with Crippen molar-refractivity contribution in [3.8, 4) is 0 Å². The molecule has 1 amide bonds. The monoisotopic (exact) mass is 275 g/mol. The standard InChI is InChI=1S/C11H21N3O3S/c1-18(16,17)13-7-9-3-2-6-14(8-9)10(15)11(12)4-5-11/h9,13H,2-8,12H2,1H3. The first kappa shape index (κ1) is 13.8. The van der Waals surface area contributed by atoms with Gasteiger partial charge in [0, 0.05) is 19.6 Å². The lowest BCUT2D eigenvalue weighted by Gasteiger charge is -2.34. The molecule has 1 aliphatic carbocycles. The molecule has 1 saturated heterocycles. The van der Waals surface area contributed by atoms with E-state index in [1.54, 1.807) is 4.90 Å². The minimum Gasteiger partial charge on any atom is -0.341 e. The second-order valence-corrected chi connectivity index (χ2v) is 7.37. The van der Waals surface area contributed by atoms with Crippen molar-refractivity contribution in [2.24, 2.45) is 11.7 Å². The van der Waals surface area contributed by atoms with E-state index in [0.29, 0.717) is 13.1 Å². The molecule has 104 valence electrons. The Hall–Kier alpha value is -0.660. The Kier molecular flexibility index (Phi) is 3.66. The van der Waals surface area contributed by atoms with Gasteiger partial charge in [-0.3, -0.25) is 4.79 Å². The largest absolute Gasteiger partial charge is 0.341 e.